The van der Waals surface area contributed by atoms with Crippen molar-refractivity contribution >= 4 is 5.57 Å². The third kappa shape index (κ3) is 3.71. The molecule has 0 atom stereocenters. The first-order chi connectivity index (χ1) is 9.38. The van der Waals surface area contributed by atoms with Gasteiger partial charge in [-0.3, -0.25) is 0 Å². The fourth-order valence-corrected chi connectivity index (χ4v) is 2.71. The van der Waals surface area contributed by atoms with Crippen LogP contribution in [0.25, 0.3) is 5.57 Å². The Morgan fingerprint density at radius 1 is 1.20 bits per heavy atom. The van der Waals surface area contributed by atoms with Crippen molar-refractivity contribution < 1.29 is 0 Å². The number of nitrogens with zero attached hydrogens (tertiary/aromatic N) is 1. The van der Waals surface area contributed by atoms with Gasteiger partial charge in [0.05, 0.1) is 0 Å². The van der Waals surface area contributed by atoms with Gasteiger partial charge in [0.15, 0.2) is 0 Å². The van der Waals surface area contributed by atoms with E-state index in [-0.39, 0.29) is 5.41 Å². The molecule has 110 valence electrons. The predicted octanol–water partition coefficient (Wildman–Crippen LogP) is 3.42. The van der Waals surface area contributed by atoms with Gasteiger partial charge in [0.1, 0.15) is 0 Å². The van der Waals surface area contributed by atoms with Gasteiger partial charge < -0.3 is 10.2 Å². The molecule has 0 aromatic heterocycles. The zero-order chi connectivity index (χ0) is 14.8. The highest BCUT2D eigenvalue weighted by Gasteiger charge is 2.17. The Morgan fingerprint density at radius 2 is 1.95 bits per heavy atom. The minimum atomic E-state index is 0.210. The van der Waals surface area contributed by atoms with Gasteiger partial charge in [-0.15, -0.1) is 0 Å². The molecule has 2 heteroatoms. The zero-order valence-corrected chi connectivity index (χ0v) is 13.6. The normalized spacial score (nSPS) is 16.4. The Hall–Kier alpha value is -1.12. The molecule has 1 N–H and O–H groups in total. The van der Waals surface area contributed by atoms with E-state index >= 15 is 0 Å². The van der Waals surface area contributed by atoms with Gasteiger partial charge in [-0.1, -0.05) is 45.0 Å². The molecular weight excluding hydrogens is 244 g/mol. The lowest BCUT2D eigenvalue weighted by Gasteiger charge is -2.24. The van der Waals surface area contributed by atoms with Crippen molar-refractivity contribution in [2.24, 2.45) is 0 Å². The second-order valence-corrected chi connectivity index (χ2v) is 7.04. The molecule has 0 amide bonds. The summed E-state index contributed by atoms with van der Waals surface area (Å²) in [4.78, 5) is 2.26. The molecule has 0 spiro atoms. The van der Waals surface area contributed by atoms with E-state index in [9.17, 15) is 0 Å². The number of benzene rings is 1. The second kappa shape index (κ2) is 6.11. The van der Waals surface area contributed by atoms with Crippen LogP contribution >= 0.6 is 0 Å². The monoisotopic (exact) mass is 272 g/mol. The minimum absolute atomic E-state index is 0.210. The fraction of sp³-hybridized carbons (Fsp3) is 0.556. The molecule has 2 nitrogen and oxygen atoms in total. The van der Waals surface area contributed by atoms with Crippen molar-refractivity contribution in [1.29, 1.82) is 0 Å². The molecule has 1 aromatic rings. The van der Waals surface area contributed by atoms with Crippen LogP contribution in [0.1, 0.15) is 43.9 Å². The topological polar surface area (TPSA) is 15.3 Å². The molecule has 0 aliphatic carbocycles. The second-order valence-electron chi connectivity index (χ2n) is 7.04. The van der Waals surface area contributed by atoms with Crippen molar-refractivity contribution in [3.63, 3.8) is 0 Å². The number of hydrogen-bond acceptors (Lipinski definition) is 2. The van der Waals surface area contributed by atoms with E-state index in [0.29, 0.717) is 0 Å². The molecule has 0 fully saturated rings. The van der Waals surface area contributed by atoms with Crippen molar-refractivity contribution in [2.75, 3.05) is 27.2 Å². The van der Waals surface area contributed by atoms with Crippen LogP contribution in [0.4, 0.5) is 0 Å². The summed E-state index contributed by atoms with van der Waals surface area (Å²) in [6.45, 7) is 9.94. The molecule has 0 saturated carbocycles. The zero-order valence-electron chi connectivity index (χ0n) is 13.6. The van der Waals surface area contributed by atoms with Crippen LogP contribution in [0.3, 0.4) is 0 Å². The van der Waals surface area contributed by atoms with E-state index in [4.69, 9.17) is 0 Å². The maximum atomic E-state index is 3.39. The minimum Gasteiger partial charge on any atom is -0.313 e. The molecule has 0 saturated heterocycles. The average molecular weight is 272 g/mol. The van der Waals surface area contributed by atoms with Gasteiger partial charge in [0.25, 0.3) is 0 Å². The third-order valence-electron chi connectivity index (χ3n) is 3.87. The predicted molar refractivity (Wildman–Crippen MR) is 88.0 cm³/mol. The Morgan fingerprint density at radius 3 is 2.50 bits per heavy atom. The lowest BCUT2D eigenvalue weighted by atomic mass is 9.83. The lowest BCUT2D eigenvalue weighted by Crippen LogP contribution is -2.21. The fourth-order valence-electron chi connectivity index (χ4n) is 2.71. The molecule has 1 heterocycles. The summed E-state index contributed by atoms with van der Waals surface area (Å²) in [7, 11) is 4.29. The van der Waals surface area contributed by atoms with Gasteiger partial charge in [-0.2, -0.15) is 0 Å². The highest BCUT2D eigenvalue weighted by molar-refractivity contribution is 5.69. The molecule has 2 rings (SSSR count). The van der Waals surface area contributed by atoms with Crippen molar-refractivity contribution in [2.45, 2.75) is 39.2 Å². The number of hydrogen-bond donors (Lipinski definition) is 1. The molecule has 20 heavy (non-hydrogen) atoms. The average Bonchev–Trinajstić information content (AvgIpc) is 2.38. The van der Waals surface area contributed by atoms with E-state index in [1.54, 1.807) is 0 Å². The Bertz CT molecular complexity index is 493. The molecule has 0 unspecified atom stereocenters. The summed E-state index contributed by atoms with van der Waals surface area (Å²) in [6.07, 6.45) is 3.48. The molecule has 0 radical (unpaired) electrons. The lowest BCUT2D eigenvalue weighted by molar-refractivity contribution is 0.401. The summed E-state index contributed by atoms with van der Waals surface area (Å²) in [6, 6.07) is 7.03. The van der Waals surface area contributed by atoms with Gasteiger partial charge in [0, 0.05) is 13.1 Å². The van der Waals surface area contributed by atoms with E-state index in [2.05, 4.69) is 69.4 Å². The van der Waals surface area contributed by atoms with Crippen LogP contribution < -0.4 is 5.32 Å². The van der Waals surface area contributed by atoms with Crippen LogP contribution in [-0.2, 0) is 12.0 Å². The van der Waals surface area contributed by atoms with Gasteiger partial charge in [-0.25, -0.2) is 0 Å². The highest BCUT2D eigenvalue weighted by Crippen LogP contribution is 2.30. The van der Waals surface area contributed by atoms with E-state index in [0.717, 1.165) is 26.1 Å². The smallest absolute Gasteiger partial charge is 0.0233 e. The summed E-state index contributed by atoms with van der Waals surface area (Å²) < 4.78 is 0. The SMILES string of the molecule is CN(C)Cc1cc(C(C)(C)C)ccc1C1=CCNCC1. The van der Waals surface area contributed by atoms with E-state index in [1.807, 2.05) is 0 Å². The largest absolute Gasteiger partial charge is 0.313 e. The first kappa shape index (κ1) is 15.3. The molecule has 0 bridgehead atoms. The molecular formula is C18H28N2. The van der Waals surface area contributed by atoms with Crippen molar-refractivity contribution in [1.82, 2.24) is 10.2 Å². The van der Waals surface area contributed by atoms with Gasteiger partial charge in [-0.05, 0) is 54.7 Å². The van der Waals surface area contributed by atoms with E-state index in [1.165, 1.54) is 22.3 Å². The van der Waals surface area contributed by atoms with Gasteiger partial charge >= 0.3 is 0 Å². The van der Waals surface area contributed by atoms with Crippen LogP contribution in [0.5, 0.6) is 0 Å². The maximum absolute atomic E-state index is 3.39. The first-order valence-electron chi connectivity index (χ1n) is 7.56. The maximum Gasteiger partial charge on any atom is 0.0233 e. The Labute approximate surface area is 123 Å². The Balaban J connectivity index is 2.42. The summed E-state index contributed by atoms with van der Waals surface area (Å²) in [5.74, 6) is 0. The van der Waals surface area contributed by atoms with Crippen LogP contribution in [0.15, 0.2) is 24.3 Å². The van der Waals surface area contributed by atoms with Crippen LogP contribution in [-0.4, -0.2) is 32.1 Å². The highest BCUT2D eigenvalue weighted by atomic mass is 15.0. The molecule has 1 aliphatic heterocycles. The molecule has 1 aromatic carbocycles. The first-order valence-corrected chi connectivity index (χ1v) is 7.56. The van der Waals surface area contributed by atoms with Crippen LogP contribution in [0.2, 0.25) is 0 Å². The standard InChI is InChI=1S/C18H28N2/c1-18(2,3)16-6-7-17(14-8-10-19-11-9-14)15(12-16)13-20(4)5/h6-8,12,19H,9-11,13H2,1-5H3. The number of nitrogens with one attached hydrogen (secondary N) is 1. The van der Waals surface area contributed by atoms with E-state index < -0.39 is 0 Å². The summed E-state index contributed by atoms with van der Waals surface area (Å²) in [5, 5.41) is 3.39. The third-order valence-corrected chi connectivity index (χ3v) is 3.87. The number of rotatable bonds is 3. The quantitative estimate of drug-likeness (QED) is 0.907. The van der Waals surface area contributed by atoms with Gasteiger partial charge in [0.2, 0.25) is 0 Å². The van der Waals surface area contributed by atoms with Crippen molar-refractivity contribution in [3.8, 4) is 0 Å². The van der Waals surface area contributed by atoms with Crippen molar-refractivity contribution in [3.05, 3.63) is 41.0 Å². The summed E-state index contributed by atoms with van der Waals surface area (Å²) in [5.41, 5.74) is 6.03. The molecule has 1 aliphatic rings. The Kier molecular flexibility index (Phi) is 4.66. The van der Waals surface area contributed by atoms with Crippen LogP contribution in [0, 0.1) is 0 Å². The summed E-state index contributed by atoms with van der Waals surface area (Å²) >= 11 is 0.